The Kier molecular flexibility index (Phi) is 5.84. The lowest BCUT2D eigenvalue weighted by atomic mass is 10.1. The maximum Gasteiger partial charge on any atom is 0.278 e. The summed E-state index contributed by atoms with van der Waals surface area (Å²) in [7, 11) is 3.94. The second-order valence-electron chi connectivity index (χ2n) is 8.40. The number of rotatable bonds is 7. The number of pyridine rings is 1. The molecule has 4 aromatic rings. The van der Waals surface area contributed by atoms with Gasteiger partial charge in [-0.1, -0.05) is 12.1 Å². The van der Waals surface area contributed by atoms with Crippen LogP contribution in [0.1, 0.15) is 12.8 Å². The van der Waals surface area contributed by atoms with Crippen molar-refractivity contribution in [3.05, 3.63) is 59.8 Å². The fourth-order valence-corrected chi connectivity index (χ4v) is 4.08. The summed E-state index contributed by atoms with van der Waals surface area (Å²) in [6.07, 6.45) is 8.70. The average Bonchev–Trinajstić information content (AvgIpc) is 3.36. The van der Waals surface area contributed by atoms with E-state index >= 15 is 0 Å². The van der Waals surface area contributed by atoms with E-state index in [-0.39, 0.29) is 11.7 Å². The molecule has 0 spiro atoms. The lowest BCUT2D eigenvalue weighted by Crippen LogP contribution is -2.35. The van der Waals surface area contributed by atoms with Gasteiger partial charge in [0.1, 0.15) is 11.5 Å². The lowest BCUT2D eigenvalue weighted by molar-refractivity contribution is 0.110. The summed E-state index contributed by atoms with van der Waals surface area (Å²) in [6.45, 7) is 6.08. The first-order valence-electron chi connectivity index (χ1n) is 11.2. The van der Waals surface area contributed by atoms with Gasteiger partial charge in [-0.2, -0.15) is 15.1 Å². The molecule has 0 aliphatic carbocycles. The highest BCUT2D eigenvalue weighted by molar-refractivity contribution is 5.77. The standard InChI is InChI=1S/C23H27N9O2/c1-4-10-31-22(33)18-14-24-23(26-16-13-25-30(3)15-16)28-21(18)32(31)19-6-5-7-20(27-19)34-17-8-11-29(2)12-9-17/h4-7,13-15,17H,1,8-12H2,2-3H3,(H,24,26,28). The molecule has 0 bridgehead atoms. The number of likely N-dealkylation sites (tertiary alicyclic amines) is 1. The molecule has 0 saturated carbocycles. The van der Waals surface area contributed by atoms with E-state index in [9.17, 15) is 4.79 Å². The van der Waals surface area contributed by atoms with Gasteiger partial charge in [-0.25, -0.2) is 14.3 Å². The molecule has 4 aromatic heterocycles. The van der Waals surface area contributed by atoms with Gasteiger partial charge in [0.2, 0.25) is 11.8 Å². The van der Waals surface area contributed by atoms with Gasteiger partial charge in [-0.3, -0.25) is 9.48 Å². The Morgan fingerprint density at radius 2 is 2.03 bits per heavy atom. The second-order valence-corrected chi connectivity index (χ2v) is 8.40. The molecule has 0 amide bonds. The van der Waals surface area contributed by atoms with Crippen molar-refractivity contribution in [1.82, 2.24) is 39.0 Å². The van der Waals surface area contributed by atoms with E-state index in [1.54, 1.807) is 26.3 Å². The minimum Gasteiger partial charge on any atom is -0.474 e. The Bertz CT molecular complexity index is 1380. The van der Waals surface area contributed by atoms with Crippen molar-refractivity contribution < 1.29 is 4.74 Å². The number of ether oxygens (including phenoxy) is 1. The van der Waals surface area contributed by atoms with E-state index in [4.69, 9.17) is 9.72 Å². The first-order valence-corrected chi connectivity index (χ1v) is 11.2. The van der Waals surface area contributed by atoms with E-state index in [0.717, 1.165) is 31.6 Å². The molecule has 0 radical (unpaired) electrons. The molecule has 0 unspecified atom stereocenters. The Hall–Kier alpha value is -3.99. The zero-order chi connectivity index (χ0) is 23.7. The van der Waals surface area contributed by atoms with Crippen LogP contribution in [-0.2, 0) is 13.6 Å². The number of aromatic nitrogens is 7. The van der Waals surface area contributed by atoms with Crippen molar-refractivity contribution in [2.24, 2.45) is 7.05 Å². The normalized spacial score (nSPS) is 15.0. The molecule has 11 heteroatoms. The maximum absolute atomic E-state index is 13.1. The predicted molar refractivity (Wildman–Crippen MR) is 129 cm³/mol. The van der Waals surface area contributed by atoms with Gasteiger partial charge >= 0.3 is 0 Å². The van der Waals surface area contributed by atoms with Crippen LogP contribution < -0.4 is 15.6 Å². The molecular formula is C23H27N9O2. The smallest absolute Gasteiger partial charge is 0.278 e. The van der Waals surface area contributed by atoms with Crippen LogP contribution >= 0.6 is 0 Å². The van der Waals surface area contributed by atoms with Crippen molar-refractivity contribution >= 4 is 22.7 Å². The zero-order valence-electron chi connectivity index (χ0n) is 19.3. The van der Waals surface area contributed by atoms with E-state index in [0.29, 0.717) is 35.2 Å². The van der Waals surface area contributed by atoms with E-state index in [1.807, 2.05) is 31.4 Å². The van der Waals surface area contributed by atoms with Crippen molar-refractivity contribution in [3.63, 3.8) is 0 Å². The average molecular weight is 462 g/mol. The summed E-state index contributed by atoms with van der Waals surface area (Å²) in [5, 5.41) is 7.66. The molecule has 1 saturated heterocycles. The Morgan fingerprint density at radius 1 is 1.21 bits per heavy atom. The number of fused-ring (bicyclic) bond motifs is 1. The predicted octanol–water partition coefficient (Wildman–Crippen LogP) is 2.11. The van der Waals surface area contributed by atoms with Crippen LogP contribution in [0.25, 0.3) is 16.9 Å². The zero-order valence-corrected chi connectivity index (χ0v) is 19.3. The summed E-state index contributed by atoms with van der Waals surface area (Å²) >= 11 is 0. The third kappa shape index (κ3) is 4.29. The highest BCUT2D eigenvalue weighted by Gasteiger charge is 2.21. The molecule has 5 rings (SSSR count). The molecular weight excluding hydrogens is 434 g/mol. The molecule has 1 N–H and O–H groups in total. The van der Waals surface area contributed by atoms with Gasteiger partial charge in [0.15, 0.2) is 11.5 Å². The van der Waals surface area contributed by atoms with Crippen molar-refractivity contribution in [2.45, 2.75) is 25.5 Å². The fourth-order valence-electron chi connectivity index (χ4n) is 4.08. The van der Waals surface area contributed by atoms with Gasteiger partial charge in [0, 0.05) is 38.6 Å². The summed E-state index contributed by atoms with van der Waals surface area (Å²) in [4.78, 5) is 29.1. The van der Waals surface area contributed by atoms with Gasteiger partial charge in [-0.05, 0) is 26.0 Å². The highest BCUT2D eigenvalue weighted by atomic mass is 16.5. The van der Waals surface area contributed by atoms with Gasteiger partial charge < -0.3 is 15.0 Å². The minimum atomic E-state index is -0.216. The first kappa shape index (κ1) is 21.8. The summed E-state index contributed by atoms with van der Waals surface area (Å²) < 4.78 is 11.1. The molecule has 0 aromatic carbocycles. The lowest BCUT2D eigenvalue weighted by Gasteiger charge is -2.29. The molecule has 0 atom stereocenters. The topological polar surface area (TPSA) is 108 Å². The summed E-state index contributed by atoms with van der Waals surface area (Å²) in [6, 6.07) is 5.54. The highest BCUT2D eigenvalue weighted by Crippen LogP contribution is 2.21. The van der Waals surface area contributed by atoms with Gasteiger partial charge in [0.05, 0.1) is 18.4 Å². The number of hydrogen-bond acceptors (Lipinski definition) is 8. The van der Waals surface area contributed by atoms with E-state index < -0.39 is 0 Å². The third-order valence-corrected chi connectivity index (χ3v) is 5.82. The van der Waals surface area contributed by atoms with Crippen LogP contribution in [0.3, 0.4) is 0 Å². The number of aryl methyl sites for hydroxylation is 1. The van der Waals surface area contributed by atoms with Crippen LogP contribution in [0.2, 0.25) is 0 Å². The van der Waals surface area contributed by atoms with Gasteiger partial charge in [-0.15, -0.1) is 6.58 Å². The quantitative estimate of drug-likeness (QED) is 0.417. The Labute approximate surface area is 196 Å². The maximum atomic E-state index is 13.1. The number of piperidine rings is 1. The van der Waals surface area contributed by atoms with Crippen LogP contribution in [0.4, 0.5) is 11.6 Å². The van der Waals surface area contributed by atoms with Crippen molar-refractivity contribution in [2.75, 3.05) is 25.5 Å². The minimum absolute atomic E-state index is 0.119. The molecule has 1 aliphatic rings. The van der Waals surface area contributed by atoms with E-state index in [2.05, 4.69) is 38.9 Å². The van der Waals surface area contributed by atoms with E-state index in [1.165, 1.54) is 6.20 Å². The number of allylic oxidation sites excluding steroid dienone is 1. The first-order chi connectivity index (χ1) is 16.5. The SMILES string of the molecule is C=CCn1c(=O)c2cnc(Nc3cnn(C)c3)nc2n1-c1cccc(OC2CCN(C)CC2)n1. The Balaban J connectivity index is 1.54. The number of nitrogens with zero attached hydrogens (tertiary/aromatic N) is 8. The largest absolute Gasteiger partial charge is 0.474 e. The number of anilines is 2. The van der Waals surface area contributed by atoms with Crippen LogP contribution in [-0.4, -0.2) is 65.2 Å². The molecule has 1 aliphatic heterocycles. The molecule has 1 fully saturated rings. The third-order valence-electron chi connectivity index (χ3n) is 5.82. The Morgan fingerprint density at radius 3 is 2.76 bits per heavy atom. The van der Waals surface area contributed by atoms with Crippen LogP contribution in [0, 0.1) is 0 Å². The second kappa shape index (κ2) is 9.10. The number of nitrogens with one attached hydrogen (secondary N) is 1. The van der Waals surface area contributed by atoms with Crippen molar-refractivity contribution in [3.8, 4) is 11.7 Å². The summed E-state index contributed by atoms with van der Waals surface area (Å²) in [5.74, 6) is 1.41. The fraction of sp³-hybridized carbons (Fsp3) is 0.348. The molecule has 176 valence electrons. The van der Waals surface area contributed by atoms with Crippen LogP contribution in [0.5, 0.6) is 5.88 Å². The van der Waals surface area contributed by atoms with Gasteiger partial charge in [0.25, 0.3) is 5.56 Å². The molecule has 11 nitrogen and oxygen atoms in total. The monoisotopic (exact) mass is 461 g/mol. The van der Waals surface area contributed by atoms with Crippen molar-refractivity contribution in [1.29, 1.82) is 0 Å². The van der Waals surface area contributed by atoms with Crippen LogP contribution in [0.15, 0.2) is 54.2 Å². The molecule has 34 heavy (non-hydrogen) atoms. The number of hydrogen-bond donors (Lipinski definition) is 1. The molecule has 5 heterocycles. The summed E-state index contributed by atoms with van der Waals surface area (Å²) in [5.41, 5.74) is 0.969.